The van der Waals surface area contributed by atoms with Gasteiger partial charge in [-0.05, 0) is 55.7 Å². The number of benzene rings is 2. The van der Waals surface area contributed by atoms with Gasteiger partial charge in [-0.25, -0.2) is 9.59 Å². The molecule has 0 fully saturated rings. The van der Waals surface area contributed by atoms with Crippen molar-refractivity contribution in [1.82, 2.24) is 0 Å². The third kappa shape index (κ3) is 8.44. The number of carbonyl (C=O) groups excluding carboxylic acids is 2. The zero-order valence-electron chi connectivity index (χ0n) is 18.9. The molecule has 0 aliphatic heterocycles. The molecule has 168 valence electrons. The summed E-state index contributed by atoms with van der Waals surface area (Å²) >= 11 is 0. The zero-order valence-corrected chi connectivity index (χ0v) is 18.9. The van der Waals surface area contributed by atoms with Crippen LogP contribution in [0.25, 0.3) is 11.1 Å². The minimum Gasteiger partial charge on any atom is -0.494 e. The monoisotopic (exact) mass is 426 g/mol. The fraction of sp³-hybridized carbons (Fsp3) is 0.462. The molecule has 0 amide bonds. The summed E-state index contributed by atoms with van der Waals surface area (Å²) in [5.74, 6) is -0.234. The fourth-order valence-electron chi connectivity index (χ4n) is 3.15. The normalized spacial score (nSPS) is 11.6. The van der Waals surface area contributed by atoms with Gasteiger partial charge in [0.15, 0.2) is 6.10 Å². The number of hydrogen-bond acceptors (Lipinski definition) is 5. The largest absolute Gasteiger partial charge is 0.494 e. The summed E-state index contributed by atoms with van der Waals surface area (Å²) in [7, 11) is 0. The van der Waals surface area contributed by atoms with Gasteiger partial charge in [0.2, 0.25) is 0 Å². The highest BCUT2D eigenvalue weighted by molar-refractivity contribution is 5.92. The van der Waals surface area contributed by atoms with Crippen LogP contribution >= 0.6 is 0 Å². The van der Waals surface area contributed by atoms with E-state index in [1.807, 2.05) is 36.4 Å². The van der Waals surface area contributed by atoms with Gasteiger partial charge in [-0.1, -0.05) is 63.3 Å². The topological polar surface area (TPSA) is 61.8 Å². The first-order valence-electron chi connectivity index (χ1n) is 11.3. The SMILES string of the molecule is CCCCCCCCOc1ccc(-c2ccc(C(=O)OC(C)C(=O)OCC)cc2)cc1. The molecule has 0 spiro atoms. The van der Waals surface area contributed by atoms with Crippen LogP contribution in [0.15, 0.2) is 48.5 Å². The van der Waals surface area contributed by atoms with E-state index >= 15 is 0 Å². The van der Waals surface area contributed by atoms with Crippen LogP contribution in [-0.2, 0) is 14.3 Å². The fourth-order valence-corrected chi connectivity index (χ4v) is 3.15. The van der Waals surface area contributed by atoms with Crippen molar-refractivity contribution in [3.05, 3.63) is 54.1 Å². The highest BCUT2D eigenvalue weighted by atomic mass is 16.6. The zero-order chi connectivity index (χ0) is 22.5. The molecule has 0 bridgehead atoms. The van der Waals surface area contributed by atoms with Gasteiger partial charge in [0.1, 0.15) is 5.75 Å². The van der Waals surface area contributed by atoms with Crippen molar-refractivity contribution < 1.29 is 23.8 Å². The van der Waals surface area contributed by atoms with E-state index in [1.165, 1.54) is 39.0 Å². The first-order valence-corrected chi connectivity index (χ1v) is 11.3. The second kappa shape index (κ2) is 13.5. The maximum absolute atomic E-state index is 12.2. The minimum absolute atomic E-state index is 0.248. The molecule has 0 radical (unpaired) electrons. The van der Waals surface area contributed by atoms with Gasteiger partial charge in [-0.15, -0.1) is 0 Å². The Morgan fingerprint density at radius 3 is 2.00 bits per heavy atom. The summed E-state index contributed by atoms with van der Waals surface area (Å²) in [4.78, 5) is 23.8. The van der Waals surface area contributed by atoms with Crippen LogP contribution in [0, 0.1) is 0 Å². The first-order chi connectivity index (χ1) is 15.0. The minimum atomic E-state index is -0.934. The summed E-state index contributed by atoms with van der Waals surface area (Å²) in [6.07, 6.45) is 6.54. The van der Waals surface area contributed by atoms with Gasteiger partial charge < -0.3 is 14.2 Å². The smallest absolute Gasteiger partial charge is 0.347 e. The lowest BCUT2D eigenvalue weighted by molar-refractivity contribution is -0.152. The maximum atomic E-state index is 12.2. The lowest BCUT2D eigenvalue weighted by Crippen LogP contribution is -2.26. The average molecular weight is 427 g/mol. The molecule has 31 heavy (non-hydrogen) atoms. The number of unbranched alkanes of at least 4 members (excludes halogenated alkanes) is 5. The van der Waals surface area contributed by atoms with Crippen molar-refractivity contribution in [2.45, 2.75) is 65.4 Å². The molecule has 0 aliphatic rings. The molecule has 2 rings (SSSR count). The van der Waals surface area contributed by atoms with Crippen molar-refractivity contribution in [2.75, 3.05) is 13.2 Å². The Kier molecular flexibility index (Phi) is 10.6. The van der Waals surface area contributed by atoms with Gasteiger partial charge >= 0.3 is 11.9 Å². The van der Waals surface area contributed by atoms with Crippen molar-refractivity contribution in [1.29, 1.82) is 0 Å². The first kappa shape index (κ1) is 24.4. The van der Waals surface area contributed by atoms with Gasteiger partial charge in [0.05, 0.1) is 18.8 Å². The third-order valence-electron chi connectivity index (χ3n) is 4.98. The summed E-state index contributed by atoms with van der Waals surface area (Å²) in [5, 5.41) is 0. The molecule has 1 unspecified atom stereocenters. The molecule has 0 aliphatic carbocycles. The Morgan fingerprint density at radius 1 is 0.806 bits per heavy atom. The third-order valence-corrected chi connectivity index (χ3v) is 4.98. The average Bonchev–Trinajstić information content (AvgIpc) is 2.79. The quantitative estimate of drug-likeness (QED) is 0.282. The number of rotatable bonds is 13. The second-order valence-electron chi connectivity index (χ2n) is 7.52. The lowest BCUT2D eigenvalue weighted by atomic mass is 10.0. The molecular formula is C26H34O5. The van der Waals surface area contributed by atoms with E-state index in [1.54, 1.807) is 19.1 Å². The van der Waals surface area contributed by atoms with E-state index in [-0.39, 0.29) is 6.61 Å². The van der Waals surface area contributed by atoms with Gasteiger partial charge in [0, 0.05) is 0 Å². The Hall–Kier alpha value is -2.82. The van der Waals surface area contributed by atoms with E-state index in [0.29, 0.717) is 5.56 Å². The van der Waals surface area contributed by atoms with E-state index in [9.17, 15) is 9.59 Å². The molecule has 1 atom stereocenters. The van der Waals surface area contributed by atoms with Gasteiger partial charge in [-0.2, -0.15) is 0 Å². The Balaban J connectivity index is 1.83. The predicted octanol–water partition coefficient (Wildman–Crippen LogP) is 6.20. The van der Waals surface area contributed by atoms with Crippen molar-refractivity contribution in [3.8, 4) is 16.9 Å². The van der Waals surface area contributed by atoms with E-state index < -0.39 is 18.0 Å². The number of ether oxygens (including phenoxy) is 3. The van der Waals surface area contributed by atoms with E-state index in [4.69, 9.17) is 14.2 Å². The second-order valence-corrected chi connectivity index (χ2v) is 7.52. The maximum Gasteiger partial charge on any atom is 0.347 e. The molecular weight excluding hydrogens is 392 g/mol. The number of hydrogen-bond donors (Lipinski definition) is 0. The van der Waals surface area contributed by atoms with Crippen LogP contribution in [0.5, 0.6) is 5.75 Å². The number of esters is 2. The molecule has 0 N–H and O–H groups in total. The molecule has 0 saturated carbocycles. The molecule has 0 saturated heterocycles. The summed E-state index contributed by atoms with van der Waals surface area (Å²) in [6.45, 7) is 6.43. The van der Waals surface area contributed by atoms with E-state index in [0.717, 1.165) is 29.9 Å². The highest BCUT2D eigenvalue weighted by Gasteiger charge is 2.19. The molecule has 5 heteroatoms. The molecule has 2 aromatic rings. The molecule has 0 aromatic heterocycles. The predicted molar refractivity (Wildman–Crippen MR) is 122 cm³/mol. The van der Waals surface area contributed by atoms with E-state index in [2.05, 4.69) is 6.92 Å². The summed E-state index contributed by atoms with van der Waals surface area (Å²) < 4.78 is 15.8. The standard InChI is InChI=1S/C26H34O5/c1-4-6-7-8-9-10-19-30-24-17-15-22(16-18-24)21-11-13-23(14-12-21)26(28)31-20(3)25(27)29-5-2/h11-18,20H,4-10,19H2,1-3H3. The van der Waals surface area contributed by atoms with Crippen LogP contribution in [0.2, 0.25) is 0 Å². The van der Waals surface area contributed by atoms with Crippen LogP contribution in [0.4, 0.5) is 0 Å². The Labute approximate surface area is 185 Å². The van der Waals surface area contributed by atoms with Crippen LogP contribution in [-0.4, -0.2) is 31.3 Å². The van der Waals surface area contributed by atoms with Crippen LogP contribution in [0.1, 0.15) is 69.7 Å². The molecule has 0 heterocycles. The summed E-state index contributed by atoms with van der Waals surface area (Å²) in [6, 6.07) is 15.1. The Morgan fingerprint density at radius 2 is 1.39 bits per heavy atom. The van der Waals surface area contributed by atoms with Crippen molar-refractivity contribution >= 4 is 11.9 Å². The van der Waals surface area contributed by atoms with Crippen LogP contribution < -0.4 is 4.74 Å². The number of carbonyl (C=O) groups is 2. The lowest BCUT2D eigenvalue weighted by Gasteiger charge is -2.12. The summed E-state index contributed by atoms with van der Waals surface area (Å²) in [5.41, 5.74) is 2.41. The van der Waals surface area contributed by atoms with Gasteiger partial charge in [0.25, 0.3) is 0 Å². The Bertz CT molecular complexity index is 796. The van der Waals surface area contributed by atoms with Crippen LogP contribution in [0.3, 0.4) is 0 Å². The van der Waals surface area contributed by atoms with Crippen molar-refractivity contribution in [3.63, 3.8) is 0 Å². The molecule has 2 aromatic carbocycles. The van der Waals surface area contributed by atoms with Crippen molar-refractivity contribution in [2.24, 2.45) is 0 Å². The molecule has 5 nitrogen and oxygen atoms in total. The highest BCUT2D eigenvalue weighted by Crippen LogP contribution is 2.23. The van der Waals surface area contributed by atoms with Gasteiger partial charge in [-0.3, -0.25) is 0 Å².